The number of nitrogen functional groups attached to an aromatic ring is 1. The van der Waals surface area contributed by atoms with Gasteiger partial charge in [0.2, 0.25) is 5.91 Å². The fourth-order valence-electron chi connectivity index (χ4n) is 1.46. The van der Waals surface area contributed by atoms with Gasteiger partial charge < -0.3 is 11.5 Å². The van der Waals surface area contributed by atoms with E-state index in [1.807, 2.05) is 0 Å². The van der Waals surface area contributed by atoms with Gasteiger partial charge in [-0.1, -0.05) is 11.8 Å². The van der Waals surface area contributed by atoms with Crippen LogP contribution in [-0.4, -0.2) is 5.91 Å². The van der Waals surface area contributed by atoms with Crippen LogP contribution in [0.2, 0.25) is 0 Å². The predicted octanol–water partition coefficient (Wildman–Crippen LogP) is 2.80. The minimum Gasteiger partial charge on any atom is -0.398 e. The van der Waals surface area contributed by atoms with Crippen LogP contribution in [0.4, 0.5) is 14.5 Å². The summed E-state index contributed by atoms with van der Waals surface area (Å²) in [7, 11) is 0. The van der Waals surface area contributed by atoms with E-state index in [0.29, 0.717) is 21.0 Å². The summed E-state index contributed by atoms with van der Waals surface area (Å²) in [5, 5.41) is 0. The highest BCUT2D eigenvalue weighted by atomic mass is 32.2. The van der Waals surface area contributed by atoms with E-state index in [0.717, 1.165) is 12.1 Å². The summed E-state index contributed by atoms with van der Waals surface area (Å²) in [5.41, 5.74) is 11.6. The number of carbonyl (C=O) groups is 1. The second-order valence-corrected chi connectivity index (χ2v) is 4.91. The first-order valence-electron chi connectivity index (χ1n) is 5.29. The van der Waals surface area contributed by atoms with E-state index in [4.69, 9.17) is 11.5 Å². The van der Waals surface area contributed by atoms with Crippen molar-refractivity contribution in [2.24, 2.45) is 5.73 Å². The average molecular weight is 280 g/mol. The zero-order valence-corrected chi connectivity index (χ0v) is 10.5. The van der Waals surface area contributed by atoms with Crippen LogP contribution in [0, 0.1) is 11.6 Å². The van der Waals surface area contributed by atoms with Gasteiger partial charge >= 0.3 is 0 Å². The Morgan fingerprint density at radius 1 is 1.05 bits per heavy atom. The molecule has 0 aromatic heterocycles. The van der Waals surface area contributed by atoms with Crippen LogP contribution in [0.3, 0.4) is 0 Å². The molecule has 0 atom stereocenters. The van der Waals surface area contributed by atoms with Gasteiger partial charge in [0.1, 0.15) is 0 Å². The van der Waals surface area contributed by atoms with Crippen LogP contribution in [-0.2, 0) is 0 Å². The normalized spacial score (nSPS) is 10.4. The van der Waals surface area contributed by atoms with Gasteiger partial charge in [-0.2, -0.15) is 0 Å². The Kier molecular flexibility index (Phi) is 3.71. The van der Waals surface area contributed by atoms with Gasteiger partial charge in [-0.25, -0.2) is 8.78 Å². The number of hydrogen-bond acceptors (Lipinski definition) is 3. The monoisotopic (exact) mass is 280 g/mol. The van der Waals surface area contributed by atoms with Crippen molar-refractivity contribution in [2.75, 3.05) is 5.73 Å². The van der Waals surface area contributed by atoms with Gasteiger partial charge in [-0.15, -0.1) is 0 Å². The third-order valence-corrected chi connectivity index (χ3v) is 3.49. The molecule has 2 aromatic rings. The number of benzene rings is 2. The Morgan fingerprint density at radius 2 is 1.79 bits per heavy atom. The molecule has 19 heavy (non-hydrogen) atoms. The Balaban J connectivity index is 2.28. The molecule has 1 amide bonds. The Hall–Kier alpha value is -2.08. The fourth-order valence-corrected chi connectivity index (χ4v) is 2.33. The van der Waals surface area contributed by atoms with Crippen LogP contribution in [0.25, 0.3) is 0 Å². The molecule has 0 heterocycles. The molecule has 0 bridgehead atoms. The number of primary amides is 1. The van der Waals surface area contributed by atoms with Gasteiger partial charge in [0.25, 0.3) is 0 Å². The lowest BCUT2D eigenvalue weighted by molar-refractivity contribution is 0.100. The van der Waals surface area contributed by atoms with Crippen molar-refractivity contribution in [3.8, 4) is 0 Å². The fraction of sp³-hybridized carbons (Fsp3) is 0. The second-order valence-electron chi connectivity index (χ2n) is 3.79. The molecule has 0 saturated carbocycles. The molecule has 98 valence electrons. The molecule has 2 aromatic carbocycles. The summed E-state index contributed by atoms with van der Waals surface area (Å²) in [4.78, 5) is 12.1. The number of halogens is 2. The summed E-state index contributed by atoms with van der Waals surface area (Å²) >= 11 is 1.17. The highest BCUT2D eigenvalue weighted by Gasteiger charge is 2.08. The molecule has 0 unspecified atom stereocenters. The van der Waals surface area contributed by atoms with Gasteiger partial charge in [-0.05, 0) is 36.4 Å². The first kappa shape index (κ1) is 13.4. The first-order valence-corrected chi connectivity index (χ1v) is 6.11. The van der Waals surface area contributed by atoms with Gasteiger partial charge in [0.05, 0.1) is 0 Å². The van der Waals surface area contributed by atoms with E-state index >= 15 is 0 Å². The lowest BCUT2D eigenvalue weighted by atomic mass is 10.2. The third kappa shape index (κ3) is 3.03. The van der Waals surface area contributed by atoms with E-state index in [2.05, 4.69) is 0 Å². The van der Waals surface area contributed by atoms with Crippen molar-refractivity contribution < 1.29 is 13.6 Å². The minimum atomic E-state index is -0.919. The van der Waals surface area contributed by atoms with Crippen molar-refractivity contribution in [3.63, 3.8) is 0 Å². The maximum Gasteiger partial charge on any atom is 0.248 e. The van der Waals surface area contributed by atoms with E-state index < -0.39 is 17.5 Å². The molecular formula is C13H10F2N2OS. The van der Waals surface area contributed by atoms with Crippen LogP contribution in [0.1, 0.15) is 10.4 Å². The number of hydrogen-bond donors (Lipinski definition) is 2. The van der Waals surface area contributed by atoms with Crippen molar-refractivity contribution >= 4 is 23.4 Å². The molecule has 0 aliphatic heterocycles. The molecule has 3 nitrogen and oxygen atoms in total. The highest BCUT2D eigenvalue weighted by molar-refractivity contribution is 7.99. The summed E-state index contributed by atoms with van der Waals surface area (Å²) < 4.78 is 25.9. The predicted molar refractivity (Wildman–Crippen MR) is 69.9 cm³/mol. The molecule has 4 N–H and O–H groups in total. The van der Waals surface area contributed by atoms with Gasteiger partial charge in [0.15, 0.2) is 11.6 Å². The molecule has 6 heteroatoms. The molecule has 0 spiro atoms. The molecular weight excluding hydrogens is 270 g/mol. The zero-order valence-electron chi connectivity index (χ0n) is 9.69. The van der Waals surface area contributed by atoms with E-state index in [1.165, 1.54) is 30.0 Å². The molecule has 0 radical (unpaired) electrons. The maximum atomic E-state index is 13.1. The quantitative estimate of drug-likeness (QED) is 0.849. The molecule has 0 aliphatic rings. The molecule has 0 aliphatic carbocycles. The number of amides is 1. The number of nitrogens with two attached hydrogens (primary N) is 2. The lowest BCUT2D eigenvalue weighted by Crippen LogP contribution is -2.11. The van der Waals surface area contributed by atoms with Crippen molar-refractivity contribution in [1.82, 2.24) is 0 Å². The van der Waals surface area contributed by atoms with Crippen molar-refractivity contribution in [1.29, 1.82) is 0 Å². The molecule has 2 rings (SSSR count). The van der Waals surface area contributed by atoms with Crippen molar-refractivity contribution in [2.45, 2.75) is 9.79 Å². The highest BCUT2D eigenvalue weighted by Crippen LogP contribution is 2.33. The average Bonchev–Trinajstić information content (AvgIpc) is 2.36. The zero-order chi connectivity index (χ0) is 14.0. The summed E-state index contributed by atoms with van der Waals surface area (Å²) in [5.74, 6) is -2.39. The first-order chi connectivity index (χ1) is 8.97. The Bertz CT molecular complexity index is 647. The Morgan fingerprint density at radius 3 is 2.37 bits per heavy atom. The molecule has 0 saturated heterocycles. The second kappa shape index (κ2) is 5.27. The summed E-state index contributed by atoms with van der Waals surface area (Å²) in [6, 6.07) is 8.17. The van der Waals surface area contributed by atoms with Gasteiger partial charge in [0, 0.05) is 21.0 Å². The number of anilines is 1. The van der Waals surface area contributed by atoms with Crippen LogP contribution < -0.4 is 11.5 Å². The standard InChI is InChI=1S/C13H10F2N2OS/c14-9-3-2-8(6-10(9)15)19-12-4-1-7(13(17)18)5-11(12)16/h1-6H,16H2,(H2,17,18). The summed E-state index contributed by atoms with van der Waals surface area (Å²) in [6.07, 6.45) is 0. The lowest BCUT2D eigenvalue weighted by Gasteiger charge is -2.07. The Labute approximate surface area is 112 Å². The van der Waals surface area contributed by atoms with Gasteiger partial charge in [-0.3, -0.25) is 4.79 Å². The smallest absolute Gasteiger partial charge is 0.248 e. The third-order valence-electron chi connectivity index (χ3n) is 2.41. The topological polar surface area (TPSA) is 69.1 Å². The number of rotatable bonds is 3. The van der Waals surface area contributed by atoms with E-state index in [9.17, 15) is 13.6 Å². The van der Waals surface area contributed by atoms with Crippen LogP contribution in [0.5, 0.6) is 0 Å². The number of carbonyl (C=O) groups excluding carboxylic acids is 1. The molecule has 0 fully saturated rings. The van der Waals surface area contributed by atoms with E-state index in [1.54, 1.807) is 6.07 Å². The SMILES string of the molecule is NC(=O)c1ccc(Sc2ccc(F)c(F)c2)c(N)c1. The van der Waals surface area contributed by atoms with E-state index in [-0.39, 0.29) is 0 Å². The van der Waals surface area contributed by atoms with Crippen LogP contribution in [0.15, 0.2) is 46.2 Å². The largest absolute Gasteiger partial charge is 0.398 e. The minimum absolute atomic E-state index is 0.298. The maximum absolute atomic E-state index is 13.1. The van der Waals surface area contributed by atoms with Crippen LogP contribution >= 0.6 is 11.8 Å². The summed E-state index contributed by atoms with van der Waals surface area (Å²) in [6.45, 7) is 0. The van der Waals surface area contributed by atoms with Crippen molar-refractivity contribution in [3.05, 3.63) is 53.6 Å².